The van der Waals surface area contributed by atoms with E-state index >= 15 is 0 Å². The van der Waals surface area contributed by atoms with Gasteiger partial charge >= 0.3 is 0 Å². The van der Waals surface area contributed by atoms with Gasteiger partial charge in [-0.25, -0.2) is 4.98 Å². The summed E-state index contributed by atoms with van der Waals surface area (Å²) in [5.74, 6) is 0.209. The molecule has 1 aromatic carbocycles. The second-order valence-corrected chi connectivity index (χ2v) is 5.71. The number of fused-ring (bicyclic) bond motifs is 3. The van der Waals surface area contributed by atoms with Gasteiger partial charge in [0.2, 0.25) is 5.95 Å². The molecule has 2 aromatic heterocycles. The highest BCUT2D eigenvalue weighted by atomic mass is 16.3. The molecule has 0 fully saturated rings. The van der Waals surface area contributed by atoms with E-state index in [1.54, 1.807) is 24.0 Å². The number of furan rings is 1. The van der Waals surface area contributed by atoms with Gasteiger partial charge in [0, 0.05) is 13.1 Å². The summed E-state index contributed by atoms with van der Waals surface area (Å²) >= 11 is 0. The summed E-state index contributed by atoms with van der Waals surface area (Å²) in [5.41, 5.74) is 1.87. The lowest BCUT2D eigenvalue weighted by atomic mass is 10.2. The van der Waals surface area contributed by atoms with Gasteiger partial charge in [0.05, 0.1) is 17.3 Å². The van der Waals surface area contributed by atoms with Crippen molar-refractivity contribution >= 4 is 28.8 Å². The molecule has 0 bridgehead atoms. The molecule has 1 atom stereocenters. The molecule has 3 aromatic rings. The smallest absolute Gasteiger partial charge is 0.287 e. The standard InChI is InChI=1S/C17H16N4O3/c1-11(18-15(22)14-7-4-10-24-14)16(23)21-9-8-20-13-6-3-2-5-12(13)19-17(20)21/h2-7,10-11H,8-9H2,1H3,(H,18,22)/t11-/m1/s1. The Morgan fingerprint density at radius 3 is 2.83 bits per heavy atom. The number of benzene rings is 1. The van der Waals surface area contributed by atoms with E-state index in [9.17, 15) is 9.59 Å². The molecule has 0 unspecified atom stereocenters. The summed E-state index contributed by atoms with van der Waals surface area (Å²) < 4.78 is 7.07. The van der Waals surface area contributed by atoms with Gasteiger partial charge in [0.1, 0.15) is 6.04 Å². The predicted octanol–water partition coefficient (Wildman–Crippen LogP) is 1.79. The molecular weight excluding hydrogens is 308 g/mol. The molecule has 3 heterocycles. The third kappa shape index (κ3) is 2.25. The molecule has 0 radical (unpaired) electrons. The number of para-hydroxylation sites is 2. The average molecular weight is 324 g/mol. The fourth-order valence-electron chi connectivity index (χ4n) is 2.97. The van der Waals surface area contributed by atoms with Crippen LogP contribution in [0.15, 0.2) is 47.1 Å². The Labute approximate surface area is 137 Å². The number of nitrogens with zero attached hydrogens (tertiary/aromatic N) is 3. The predicted molar refractivity (Wildman–Crippen MR) is 87.7 cm³/mol. The summed E-state index contributed by atoms with van der Waals surface area (Å²) in [5, 5.41) is 2.66. The van der Waals surface area contributed by atoms with E-state index in [1.807, 2.05) is 28.8 Å². The topological polar surface area (TPSA) is 80.4 Å². The van der Waals surface area contributed by atoms with Gasteiger partial charge in [-0.15, -0.1) is 0 Å². The molecule has 4 rings (SSSR count). The van der Waals surface area contributed by atoms with E-state index in [-0.39, 0.29) is 11.7 Å². The maximum atomic E-state index is 12.7. The van der Waals surface area contributed by atoms with E-state index in [4.69, 9.17) is 4.42 Å². The molecule has 0 saturated heterocycles. The molecular formula is C17H16N4O3. The minimum atomic E-state index is -0.672. The monoisotopic (exact) mass is 324 g/mol. The van der Waals surface area contributed by atoms with Crippen molar-refractivity contribution in [2.45, 2.75) is 19.5 Å². The summed E-state index contributed by atoms with van der Waals surface area (Å²) in [7, 11) is 0. The number of anilines is 1. The minimum Gasteiger partial charge on any atom is -0.459 e. The Morgan fingerprint density at radius 2 is 2.04 bits per heavy atom. The second kappa shape index (κ2) is 5.52. The van der Waals surface area contributed by atoms with Crippen LogP contribution in [0.25, 0.3) is 11.0 Å². The molecule has 2 amide bonds. The van der Waals surface area contributed by atoms with Gasteiger partial charge in [-0.3, -0.25) is 14.5 Å². The Bertz CT molecular complexity index is 913. The summed E-state index contributed by atoms with van der Waals surface area (Å²) in [4.78, 5) is 30.9. The second-order valence-electron chi connectivity index (χ2n) is 5.71. The van der Waals surface area contributed by atoms with Crippen LogP contribution in [-0.4, -0.2) is 34.0 Å². The first-order chi connectivity index (χ1) is 11.6. The Balaban J connectivity index is 1.55. The number of aromatic nitrogens is 2. The molecule has 1 aliphatic rings. The third-order valence-electron chi connectivity index (χ3n) is 4.15. The van der Waals surface area contributed by atoms with Crippen LogP contribution in [0.2, 0.25) is 0 Å². The zero-order valence-corrected chi connectivity index (χ0v) is 13.1. The quantitative estimate of drug-likeness (QED) is 0.796. The van der Waals surface area contributed by atoms with Crippen molar-refractivity contribution in [3.8, 4) is 0 Å². The molecule has 1 N–H and O–H groups in total. The number of amides is 2. The zero-order valence-electron chi connectivity index (χ0n) is 13.1. The molecule has 1 aliphatic heterocycles. The first-order valence-electron chi connectivity index (χ1n) is 7.76. The highest BCUT2D eigenvalue weighted by molar-refractivity contribution is 6.01. The maximum absolute atomic E-state index is 12.7. The summed E-state index contributed by atoms with van der Waals surface area (Å²) in [6.45, 7) is 2.90. The van der Waals surface area contributed by atoms with E-state index in [1.165, 1.54) is 6.26 Å². The molecule has 7 nitrogen and oxygen atoms in total. The van der Waals surface area contributed by atoms with Gasteiger partial charge < -0.3 is 14.3 Å². The number of imidazole rings is 1. The van der Waals surface area contributed by atoms with Crippen molar-refractivity contribution < 1.29 is 14.0 Å². The fourth-order valence-corrected chi connectivity index (χ4v) is 2.97. The first-order valence-corrected chi connectivity index (χ1v) is 7.76. The van der Waals surface area contributed by atoms with Gasteiger partial charge in [-0.2, -0.15) is 0 Å². The number of hydrogen-bond acceptors (Lipinski definition) is 4. The SMILES string of the molecule is C[C@@H](NC(=O)c1ccco1)C(=O)N1CCn2c1nc1ccccc12. The van der Waals surface area contributed by atoms with Gasteiger partial charge in [0.15, 0.2) is 5.76 Å². The molecule has 122 valence electrons. The first kappa shape index (κ1) is 14.5. The Hall–Kier alpha value is -3.09. The molecule has 7 heteroatoms. The molecule has 24 heavy (non-hydrogen) atoms. The van der Waals surface area contributed by atoms with E-state index in [0.717, 1.165) is 11.0 Å². The van der Waals surface area contributed by atoms with Crippen LogP contribution in [-0.2, 0) is 11.3 Å². The molecule has 0 spiro atoms. The van der Waals surface area contributed by atoms with Crippen LogP contribution in [0.5, 0.6) is 0 Å². The van der Waals surface area contributed by atoms with Crippen LogP contribution >= 0.6 is 0 Å². The van der Waals surface area contributed by atoms with Crippen molar-refractivity contribution in [3.05, 3.63) is 48.4 Å². The highest BCUT2D eigenvalue weighted by Crippen LogP contribution is 2.27. The average Bonchev–Trinajstić information content (AvgIpc) is 3.30. The lowest BCUT2D eigenvalue weighted by molar-refractivity contribution is -0.120. The summed E-state index contributed by atoms with van der Waals surface area (Å²) in [6.07, 6.45) is 1.42. The van der Waals surface area contributed by atoms with Gasteiger partial charge in [-0.1, -0.05) is 12.1 Å². The number of rotatable bonds is 3. The minimum absolute atomic E-state index is 0.184. The third-order valence-corrected chi connectivity index (χ3v) is 4.15. The zero-order chi connectivity index (χ0) is 16.7. The van der Waals surface area contributed by atoms with Gasteiger partial charge in [0.25, 0.3) is 11.8 Å². The van der Waals surface area contributed by atoms with Crippen LogP contribution in [0.4, 0.5) is 5.95 Å². The van der Waals surface area contributed by atoms with Crippen molar-refractivity contribution in [3.63, 3.8) is 0 Å². The van der Waals surface area contributed by atoms with Gasteiger partial charge in [-0.05, 0) is 31.2 Å². The van der Waals surface area contributed by atoms with Crippen LogP contribution in [0.1, 0.15) is 17.5 Å². The molecule has 0 aliphatic carbocycles. The Morgan fingerprint density at radius 1 is 1.21 bits per heavy atom. The molecule has 0 saturated carbocycles. The lowest BCUT2D eigenvalue weighted by Crippen LogP contribution is -2.46. The van der Waals surface area contributed by atoms with Crippen molar-refractivity contribution in [2.24, 2.45) is 0 Å². The van der Waals surface area contributed by atoms with E-state index < -0.39 is 11.9 Å². The number of nitrogens with one attached hydrogen (secondary N) is 1. The van der Waals surface area contributed by atoms with Crippen LogP contribution in [0, 0.1) is 0 Å². The lowest BCUT2D eigenvalue weighted by Gasteiger charge is -2.19. The highest BCUT2D eigenvalue weighted by Gasteiger charge is 2.31. The summed E-state index contributed by atoms with van der Waals surface area (Å²) in [6, 6.07) is 10.3. The largest absolute Gasteiger partial charge is 0.459 e. The van der Waals surface area contributed by atoms with E-state index in [0.29, 0.717) is 19.0 Å². The van der Waals surface area contributed by atoms with E-state index in [2.05, 4.69) is 10.3 Å². The number of carbonyl (C=O) groups is 2. The van der Waals surface area contributed by atoms with Crippen molar-refractivity contribution in [1.82, 2.24) is 14.9 Å². The Kier molecular flexibility index (Phi) is 3.34. The van der Waals surface area contributed by atoms with Crippen molar-refractivity contribution in [2.75, 3.05) is 11.4 Å². The van der Waals surface area contributed by atoms with Crippen LogP contribution < -0.4 is 10.2 Å². The fraction of sp³-hybridized carbons (Fsp3) is 0.235. The maximum Gasteiger partial charge on any atom is 0.287 e. The number of hydrogen-bond donors (Lipinski definition) is 1. The normalized spacial score (nSPS) is 14.6. The van der Waals surface area contributed by atoms with Crippen LogP contribution in [0.3, 0.4) is 0 Å². The number of carbonyl (C=O) groups excluding carboxylic acids is 2. The van der Waals surface area contributed by atoms with Crippen molar-refractivity contribution in [1.29, 1.82) is 0 Å².